The summed E-state index contributed by atoms with van der Waals surface area (Å²) in [7, 11) is -0.212. The molecule has 5 nitrogen and oxygen atoms in total. The molecule has 96 valence electrons. The van der Waals surface area contributed by atoms with Crippen molar-refractivity contribution < 1.29 is 13.2 Å². The number of thioether (sulfide) groups is 1. The first-order valence-electron chi connectivity index (χ1n) is 5.39. The fraction of sp³-hybridized carbons (Fsp3) is 1.00. The first-order valence-corrected chi connectivity index (χ1v) is 7.88. The number of hydrogen-bond donors (Lipinski definition) is 1. The van der Waals surface area contributed by atoms with E-state index in [0.717, 1.165) is 31.8 Å². The van der Waals surface area contributed by atoms with E-state index in [1.807, 2.05) is 11.8 Å². The summed E-state index contributed by atoms with van der Waals surface area (Å²) in [5, 5.41) is 0.623. The standard InChI is InChI=1S/C9H20N2O3S2/c1-11(2)16(12,13)10-5-8-15-9-3-6-14-7-4-9/h9-10H,3-8H2,1-2H3. The summed E-state index contributed by atoms with van der Waals surface area (Å²) in [4.78, 5) is 0. The van der Waals surface area contributed by atoms with Gasteiger partial charge in [0.15, 0.2) is 0 Å². The van der Waals surface area contributed by atoms with Crippen molar-refractivity contribution in [1.82, 2.24) is 9.03 Å². The average molecular weight is 268 g/mol. The van der Waals surface area contributed by atoms with E-state index in [2.05, 4.69) is 4.72 Å². The lowest BCUT2D eigenvalue weighted by Crippen LogP contribution is -2.37. The maximum atomic E-state index is 11.4. The monoisotopic (exact) mass is 268 g/mol. The van der Waals surface area contributed by atoms with Gasteiger partial charge in [0.1, 0.15) is 0 Å². The summed E-state index contributed by atoms with van der Waals surface area (Å²) < 4.78 is 31.7. The molecule has 0 spiro atoms. The molecule has 16 heavy (non-hydrogen) atoms. The third-order valence-corrected chi connectivity index (χ3v) is 5.30. The normalized spacial score (nSPS) is 19.2. The Morgan fingerprint density at radius 3 is 2.56 bits per heavy atom. The molecule has 0 aromatic carbocycles. The van der Waals surface area contributed by atoms with Crippen molar-refractivity contribution in [3.63, 3.8) is 0 Å². The molecular weight excluding hydrogens is 248 g/mol. The highest BCUT2D eigenvalue weighted by atomic mass is 32.2. The molecule has 0 aromatic rings. The largest absolute Gasteiger partial charge is 0.381 e. The Kier molecular flexibility index (Phi) is 6.06. The SMILES string of the molecule is CN(C)S(=O)(=O)NCCSC1CCOCC1. The summed E-state index contributed by atoms with van der Waals surface area (Å²) >= 11 is 1.82. The van der Waals surface area contributed by atoms with Gasteiger partial charge in [0.05, 0.1) is 0 Å². The fourth-order valence-electron chi connectivity index (χ4n) is 1.37. The third-order valence-electron chi connectivity index (χ3n) is 2.39. The Morgan fingerprint density at radius 1 is 1.38 bits per heavy atom. The van der Waals surface area contributed by atoms with Gasteiger partial charge in [0.25, 0.3) is 10.2 Å². The van der Waals surface area contributed by atoms with Gasteiger partial charge in [-0.25, -0.2) is 4.72 Å². The fourth-order valence-corrected chi connectivity index (χ4v) is 3.19. The van der Waals surface area contributed by atoms with Crippen LogP contribution in [0.4, 0.5) is 0 Å². The van der Waals surface area contributed by atoms with Crippen molar-refractivity contribution in [2.75, 3.05) is 39.6 Å². The highest BCUT2D eigenvalue weighted by Crippen LogP contribution is 2.21. The predicted molar refractivity (Wildman–Crippen MR) is 66.9 cm³/mol. The topological polar surface area (TPSA) is 58.6 Å². The molecule has 0 unspecified atom stereocenters. The van der Waals surface area contributed by atoms with Crippen molar-refractivity contribution in [2.45, 2.75) is 18.1 Å². The first kappa shape index (κ1) is 14.2. The molecule has 1 aliphatic rings. The number of rotatable bonds is 6. The minimum atomic E-state index is -3.26. The van der Waals surface area contributed by atoms with Crippen molar-refractivity contribution in [3.05, 3.63) is 0 Å². The molecule has 0 bridgehead atoms. The lowest BCUT2D eigenvalue weighted by molar-refractivity contribution is 0.100. The Hall–Kier alpha value is 0.180. The number of nitrogens with zero attached hydrogens (tertiary/aromatic N) is 1. The zero-order valence-corrected chi connectivity index (χ0v) is 11.4. The van der Waals surface area contributed by atoms with Crippen LogP contribution in [-0.2, 0) is 14.9 Å². The van der Waals surface area contributed by atoms with Crippen molar-refractivity contribution in [2.24, 2.45) is 0 Å². The number of nitrogens with one attached hydrogen (secondary N) is 1. The molecule has 1 N–H and O–H groups in total. The molecule has 1 rings (SSSR count). The molecule has 0 radical (unpaired) electrons. The first-order chi connectivity index (χ1) is 7.52. The molecule has 0 saturated carbocycles. The summed E-state index contributed by atoms with van der Waals surface area (Å²) in [5.74, 6) is 0.817. The van der Waals surface area contributed by atoms with Crippen LogP contribution in [0.2, 0.25) is 0 Å². The molecule has 1 saturated heterocycles. The van der Waals surface area contributed by atoms with Gasteiger partial charge in [0, 0.05) is 44.9 Å². The van der Waals surface area contributed by atoms with Crippen LogP contribution in [0.25, 0.3) is 0 Å². The van der Waals surface area contributed by atoms with E-state index in [-0.39, 0.29) is 0 Å². The van der Waals surface area contributed by atoms with E-state index in [1.165, 1.54) is 18.4 Å². The van der Waals surface area contributed by atoms with Gasteiger partial charge < -0.3 is 4.74 Å². The van der Waals surface area contributed by atoms with Crippen molar-refractivity contribution in [1.29, 1.82) is 0 Å². The van der Waals surface area contributed by atoms with E-state index >= 15 is 0 Å². The van der Waals surface area contributed by atoms with Crippen molar-refractivity contribution in [3.8, 4) is 0 Å². The second-order valence-corrected chi connectivity index (χ2v) is 7.24. The summed E-state index contributed by atoms with van der Waals surface area (Å²) in [6, 6.07) is 0. The van der Waals surface area contributed by atoms with Gasteiger partial charge in [-0.2, -0.15) is 24.5 Å². The van der Waals surface area contributed by atoms with Gasteiger partial charge in [-0.3, -0.25) is 0 Å². The Morgan fingerprint density at radius 2 is 2.00 bits per heavy atom. The van der Waals surface area contributed by atoms with Crippen LogP contribution in [0.3, 0.4) is 0 Å². The third kappa shape index (κ3) is 5.01. The molecule has 0 amide bonds. The smallest absolute Gasteiger partial charge is 0.278 e. The van der Waals surface area contributed by atoms with Crippen LogP contribution in [-0.4, -0.2) is 57.6 Å². The van der Waals surface area contributed by atoms with Gasteiger partial charge in [0.2, 0.25) is 0 Å². The molecule has 1 fully saturated rings. The molecule has 1 heterocycles. The summed E-state index contributed by atoms with van der Waals surface area (Å²) in [5.41, 5.74) is 0. The maximum absolute atomic E-state index is 11.4. The second-order valence-electron chi connectivity index (χ2n) is 3.86. The highest BCUT2D eigenvalue weighted by Gasteiger charge is 2.15. The van der Waals surface area contributed by atoms with Crippen LogP contribution >= 0.6 is 11.8 Å². The molecule has 0 aliphatic carbocycles. The molecule has 7 heteroatoms. The molecule has 1 aliphatic heterocycles. The number of hydrogen-bond acceptors (Lipinski definition) is 4. The van der Waals surface area contributed by atoms with Crippen LogP contribution < -0.4 is 4.72 Å². The van der Waals surface area contributed by atoms with Crippen LogP contribution in [0.15, 0.2) is 0 Å². The van der Waals surface area contributed by atoms with E-state index in [9.17, 15) is 8.42 Å². The lowest BCUT2D eigenvalue weighted by atomic mass is 10.2. The van der Waals surface area contributed by atoms with Gasteiger partial charge in [-0.15, -0.1) is 0 Å². The number of ether oxygens (including phenoxy) is 1. The van der Waals surface area contributed by atoms with Gasteiger partial charge >= 0.3 is 0 Å². The zero-order valence-electron chi connectivity index (χ0n) is 9.81. The molecule has 0 aromatic heterocycles. The lowest BCUT2D eigenvalue weighted by Gasteiger charge is -2.21. The Bertz CT molecular complexity index is 287. The Labute approximate surface area is 102 Å². The average Bonchev–Trinajstić information content (AvgIpc) is 2.26. The second kappa shape index (κ2) is 6.80. The van der Waals surface area contributed by atoms with E-state index in [1.54, 1.807) is 0 Å². The van der Waals surface area contributed by atoms with Crippen molar-refractivity contribution >= 4 is 22.0 Å². The van der Waals surface area contributed by atoms with Gasteiger partial charge in [-0.1, -0.05) is 0 Å². The minimum absolute atomic E-state index is 0.489. The Balaban J connectivity index is 2.11. The quantitative estimate of drug-likeness (QED) is 0.704. The minimum Gasteiger partial charge on any atom is -0.381 e. The van der Waals surface area contributed by atoms with E-state index in [4.69, 9.17) is 4.74 Å². The molecule has 0 atom stereocenters. The zero-order chi connectivity index (χ0) is 12.0. The van der Waals surface area contributed by atoms with Crippen LogP contribution in [0.1, 0.15) is 12.8 Å². The predicted octanol–water partition coefficient (Wildman–Crippen LogP) is 0.295. The summed E-state index contributed by atoms with van der Waals surface area (Å²) in [6.07, 6.45) is 2.15. The van der Waals surface area contributed by atoms with E-state index < -0.39 is 10.2 Å². The van der Waals surface area contributed by atoms with Crippen LogP contribution in [0, 0.1) is 0 Å². The summed E-state index contributed by atoms with van der Waals surface area (Å²) in [6.45, 7) is 2.16. The van der Waals surface area contributed by atoms with Gasteiger partial charge in [-0.05, 0) is 12.8 Å². The highest BCUT2D eigenvalue weighted by molar-refractivity contribution is 7.99. The van der Waals surface area contributed by atoms with E-state index in [0.29, 0.717) is 11.8 Å². The maximum Gasteiger partial charge on any atom is 0.278 e. The molecular formula is C9H20N2O3S2. The van der Waals surface area contributed by atoms with Crippen LogP contribution in [0.5, 0.6) is 0 Å².